The van der Waals surface area contributed by atoms with Crippen LogP contribution in [-0.4, -0.2) is 41.0 Å². The summed E-state index contributed by atoms with van der Waals surface area (Å²) in [5.41, 5.74) is 0. The predicted octanol–water partition coefficient (Wildman–Crippen LogP) is 2.19. The Morgan fingerprint density at radius 2 is 2.18 bits per heavy atom. The van der Waals surface area contributed by atoms with Gasteiger partial charge in [0.05, 0.1) is 22.7 Å². The Labute approximate surface area is 131 Å². The number of aliphatic hydroxyl groups excluding tert-OH is 1. The molecular weight excluding hydrogens is 304 g/mol. The zero-order valence-electron chi connectivity index (χ0n) is 11.8. The first-order chi connectivity index (χ1) is 10.7. The number of nitrogens with zero attached hydrogens (tertiary/aromatic N) is 1. The summed E-state index contributed by atoms with van der Waals surface area (Å²) in [6, 6.07) is 6.84. The lowest BCUT2D eigenvalue weighted by Gasteiger charge is -2.20. The highest BCUT2D eigenvalue weighted by molar-refractivity contribution is 7.18. The Bertz CT molecular complexity index is 661. The fourth-order valence-corrected chi connectivity index (χ4v) is 3.04. The topological polar surface area (TPSA) is 82.8 Å². The molecule has 22 heavy (non-hydrogen) atoms. The molecule has 2 heterocycles. The molecule has 0 aliphatic heterocycles. The monoisotopic (exact) mass is 320 g/mol. The highest BCUT2D eigenvalue weighted by atomic mass is 32.1. The van der Waals surface area contributed by atoms with Gasteiger partial charge in [0.15, 0.2) is 5.76 Å². The maximum absolute atomic E-state index is 12.4. The fourth-order valence-electron chi connectivity index (χ4n) is 2.19. The number of rotatable bonds is 6. The van der Waals surface area contributed by atoms with Gasteiger partial charge in [-0.05, 0) is 37.1 Å². The van der Waals surface area contributed by atoms with Gasteiger partial charge >= 0.3 is 0 Å². The van der Waals surface area contributed by atoms with E-state index < -0.39 is 0 Å². The van der Waals surface area contributed by atoms with Crippen LogP contribution in [0.25, 0.3) is 0 Å². The molecule has 0 spiro atoms. The average molecular weight is 320 g/mol. The van der Waals surface area contributed by atoms with Gasteiger partial charge in [-0.15, -0.1) is 11.3 Å². The first kappa shape index (κ1) is 14.8. The molecule has 1 fully saturated rings. The van der Waals surface area contributed by atoms with Crippen LogP contribution in [0.1, 0.15) is 33.1 Å². The highest BCUT2D eigenvalue weighted by Gasteiger charge is 2.33. The van der Waals surface area contributed by atoms with E-state index in [4.69, 9.17) is 9.52 Å². The first-order valence-corrected chi connectivity index (χ1v) is 7.87. The number of thiophene rings is 1. The summed E-state index contributed by atoms with van der Waals surface area (Å²) in [5, 5.41) is 12.4. The Morgan fingerprint density at radius 3 is 2.82 bits per heavy atom. The van der Waals surface area contributed by atoms with Crippen molar-refractivity contribution in [2.75, 3.05) is 18.5 Å². The molecule has 0 unspecified atom stereocenters. The van der Waals surface area contributed by atoms with Gasteiger partial charge in [-0.1, -0.05) is 0 Å². The molecule has 2 aromatic heterocycles. The van der Waals surface area contributed by atoms with Crippen LogP contribution in [0.15, 0.2) is 34.9 Å². The quantitative estimate of drug-likeness (QED) is 0.854. The minimum Gasteiger partial charge on any atom is -0.459 e. The van der Waals surface area contributed by atoms with Crippen molar-refractivity contribution in [2.45, 2.75) is 18.9 Å². The van der Waals surface area contributed by atoms with Crippen LogP contribution < -0.4 is 5.32 Å². The standard InChI is InChI=1S/C15H16N2O4S/c18-8-7-17(10-3-4-10)15(20)12-5-6-13(22-12)16-14(19)11-2-1-9-21-11/h1-2,5-6,9-10,18H,3-4,7-8H2,(H,16,19). The van der Waals surface area contributed by atoms with E-state index in [1.807, 2.05) is 0 Å². The highest BCUT2D eigenvalue weighted by Crippen LogP contribution is 2.30. The largest absolute Gasteiger partial charge is 0.459 e. The van der Waals surface area contributed by atoms with Crippen molar-refractivity contribution in [3.63, 3.8) is 0 Å². The lowest BCUT2D eigenvalue weighted by Crippen LogP contribution is -2.35. The van der Waals surface area contributed by atoms with Gasteiger partial charge < -0.3 is 19.7 Å². The number of hydrogen-bond acceptors (Lipinski definition) is 5. The summed E-state index contributed by atoms with van der Waals surface area (Å²) < 4.78 is 5.02. The van der Waals surface area contributed by atoms with Crippen molar-refractivity contribution in [1.82, 2.24) is 4.90 Å². The van der Waals surface area contributed by atoms with E-state index in [0.29, 0.717) is 16.4 Å². The summed E-state index contributed by atoms with van der Waals surface area (Å²) in [5.74, 6) is -0.221. The van der Waals surface area contributed by atoms with E-state index in [1.54, 1.807) is 29.2 Å². The van der Waals surface area contributed by atoms with Crippen molar-refractivity contribution >= 4 is 28.2 Å². The number of furan rings is 1. The van der Waals surface area contributed by atoms with Gasteiger partial charge in [0.2, 0.25) is 0 Å². The second-order valence-electron chi connectivity index (χ2n) is 5.05. The molecule has 0 radical (unpaired) electrons. The van der Waals surface area contributed by atoms with Crippen LogP contribution in [0.2, 0.25) is 0 Å². The minimum atomic E-state index is -0.347. The van der Waals surface area contributed by atoms with Gasteiger partial charge in [-0.25, -0.2) is 0 Å². The third kappa shape index (κ3) is 3.20. The van der Waals surface area contributed by atoms with E-state index in [0.717, 1.165) is 12.8 Å². The third-order valence-electron chi connectivity index (χ3n) is 3.39. The fraction of sp³-hybridized carbons (Fsp3) is 0.333. The van der Waals surface area contributed by atoms with Gasteiger partial charge in [-0.2, -0.15) is 0 Å². The molecule has 0 saturated heterocycles. The Hall–Kier alpha value is -2.12. The number of amides is 2. The first-order valence-electron chi connectivity index (χ1n) is 7.05. The molecule has 3 rings (SSSR count). The minimum absolute atomic E-state index is 0.0459. The maximum Gasteiger partial charge on any atom is 0.291 e. The van der Waals surface area contributed by atoms with E-state index in [2.05, 4.69) is 5.32 Å². The molecule has 116 valence electrons. The van der Waals surface area contributed by atoms with Crippen molar-refractivity contribution in [1.29, 1.82) is 0 Å². The molecular formula is C15H16N2O4S. The van der Waals surface area contributed by atoms with Gasteiger partial charge in [0, 0.05) is 12.6 Å². The van der Waals surface area contributed by atoms with Crippen LogP contribution in [-0.2, 0) is 0 Å². The van der Waals surface area contributed by atoms with Gasteiger partial charge in [0.25, 0.3) is 11.8 Å². The average Bonchev–Trinajstić information content (AvgIpc) is 3.02. The molecule has 1 aliphatic rings. The molecule has 1 aliphatic carbocycles. The van der Waals surface area contributed by atoms with Gasteiger partial charge in [-0.3, -0.25) is 9.59 Å². The summed E-state index contributed by atoms with van der Waals surface area (Å²) in [4.78, 5) is 26.6. The summed E-state index contributed by atoms with van der Waals surface area (Å²) in [7, 11) is 0. The second kappa shape index (κ2) is 6.33. The summed E-state index contributed by atoms with van der Waals surface area (Å²) >= 11 is 1.22. The van der Waals surface area contributed by atoms with Crippen LogP contribution >= 0.6 is 11.3 Å². The number of aliphatic hydroxyl groups is 1. The van der Waals surface area contributed by atoms with Crippen LogP contribution in [0.4, 0.5) is 5.00 Å². The second-order valence-corrected chi connectivity index (χ2v) is 6.13. The molecule has 7 heteroatoms. The molecule has 2 aromatic rings. The van der Waals surface area contributed by atoms with Crippen molar-refractivity contribution in [3.8, 4) is 0 Å². The van der Waals surface area contributed by atoms with Crippen molar-refractivity contribution < 1.29 is 19.1 Å². The lowest BCUT2D eigenvalue weighted by atomic mass is 10.3. The maximum atomic E-state index is 12.4. The molecule has 6 nitrogen and oxygen atoms in total. The number of carbonyl (C=O) groups is 2. The Kier molecular flexibility index (Phi) is 4.26. The van der Waals surface area contributed by atoms with Crippen LogP contribution in [0.3, 0.4) is 0 Å². The molecule has 2 amide bonds. The van der Waals surface area contributed by atoms with Crippen molar-refractivity contribution in [2.24, 2.45) is 0 Å². The predicted molar refractivity (Wildman–Crippen MR) is 82.1 cm³/mol. The van der Waals surface area contributed by atoms with Gasteiger partial charge in [0.1, 0.15) is 0 Å². The SMILES string of the molecule is O=C(Nc1ccc(C(=O)N(CCO)C2CC2)s1)c1ccco1. The number of nitrogens with one attached hydrogen (secondary N) is 1. The molecule has 0 aromatic carbocycles. The summed E-state index contributed by atoms with van der Waals surface area (Å²) in [6.45, 7) is 0.297. The van der Waals surface area contributed by atoms with E-state index in [9.17, 15) is 9.59 Å². The zero-order chi connectivity index (χ0) is 15.5. The number of anilines is 1. The van der Waals surface area contributed by atoms with Crippen molar-refractivity contribution in [3.05, 3.63) is 41.2 Å². The smallest absolute Gasteiger partial charge is 0.291 e. The normalized spacial score (nSPS) is 13.9. The molecule has 2 N–H and O–H groups in total. The molecule has 0 bridgehead atoms. The zero-order valence-corrected chi connectivity index (χ0v) is 12.6. The summed E-state index contributed by atoms with van der Waals surface area (Å²) in [6.07, 6.45) is 3.40. The number of hydrogen-bond donors (Lipinski definition) is 2. The van der Waals surface area contributed by atoms with Crippen LogP contribution in [0.5, 0.6) is 0 Å². The number of carbonyl (C=O) groups excluding carboxylic acids is 2. The van der Waals surface area contributed by atoms with Crippen LogP contribution in [0, 0.1) is 0 Å². The Balaban J connectivity index is 1.67. The van der Waals surface area contributed by atoms with E-state index >= 15 is 0 Å². The Morgan fingerprint density at radius 1 is 1.36 bits per heavy atom. The third-order valence-corrected chi connectivity index (χ3v) is 4.38. The molecule has 0 atom stereocenters. The molecule has 1 saturated carbocycles. The van der Waals surface area contributed by atoms with E-state index in [-0.39, 0.29) is 30.2 Å². The lowest BCUT2D eigenvalue weighted by molar-refractivity contribution is 0.0712. The van der Waals surface area contributed by atoms with E-state index in [1.165, 1.54) is 17.6 Å².